The molecule has 0 heterocycles. The van der Waals surface area contributed by atoms with Gasteiger partial charge in [0.2, 0.25) is 0 Å². The highest BCUT2D eigenvalue weighted by molar-refractivity contribution is 5.32. The molecule has 0 saturated heterocycles. The minimum Gasteiger partial charge on any atom is -0.512 e. The third-order valence-electron chi connectivity index (χ3n) is 7.04. The van der Waals surface area contributed by atoms with Crippen molar-refractivity contribution in [1.29, 1.82) is 0 Å². The van der Waals surface area contributed by atoms with Crippen LogP contribution in [0.4, 0.5) is 0 Å². The van der Waals surface area contributed by atoms with Crippen molar-refractivity contribution in [3.63, 3.8) is 0 Å². The molecule has 0 aromatic rings. The molecule has 4 rings (SSSR count). The molecule has 21 heavy (non-hydrogen) atoms. The Morgan fingerprint density at radius 3 is 2.90 bits per heavy atom. The summed E-state index contributed by atoms with van der Waals surface area (Å²) >= 11 is 0. The van der Waals surface area contributed by atoms with Crippen molar-refractivity contribution in [2.75, 3.05) is 0 Å². The van der Waals surface area contributed by atoms with Gasteiger partial charge in [-0.2, -0.15) is 0 Å². The highest BCUT2D eigenvalue weighted by atomic mass is 16.3. The van der Waals surface area contributed by atoms with E-state index >= 15 is 0 Å². The topological polar surface area (TPSA) is 40.5 Å². The van der Waals surface area contributed by atoms with E-state index in [1.165, 1.54) is 12.0 Å². The van der Waals surface area contributed by atoms with Gasteiger partial charge in [0.1, 0.15) is 0 Å². The zero-order chi connectivity index (χ0) is 14.8. The van der Waals surface area contributed by atoms with Crippen LogP contribution in [0, 0.1) is 29.1 Å². The first-order chi connectivity index (χ1) is 10.0. The fraction of sp³-hybridized carbons (Fsp3) is 0.684. The Morgan fingerprint density at radius 1 is 1.29 bits per heavy atom. The van der Waals surface area contributed by atoms with Gasteiger partial charge in [-0.3, -0.25) is 0 Å². The molecule has 114 valence electrons. The van der Waals surface area contributed by atoms with Crippen molar-refractivity contribution >= 4 is 0 Å². The summed E-state index contributed by atoms with van der Waals surface area (Å²) in [5, 5.41) is 20.3. The Balaban J connectivity index is 1.68. The van der Waals surface area contributed by atoms with Crippen molar-refractivity contribution in [2.45, 2.75) is 51.6 Å². The number of rotatable bonds is 0. The minimum atomic E-state index is -0.302. The summed E-state index contributed by atoms with van der Waals surface area (Å²) in [5.74, 6) is 3.22. The normalized spacial score (nSPS) is 48.9. The molecule has 0 amide bonds. The molecule has 2 N–H and O–H groups in total. The molecule has 6 atom stereocenters. The number of aliphatic hydroxyl groups excluding tert-OH is 2. The molecule has 4 aliphatic carbocycles. The van der Waals surface area contributed by atoms with Crippen LogP contribution in [-0.4, -0.2) is 16.3 Å². The first kappa shape index (κ1) is 13.6. The Labute approximate surface area is 127 Å². The second-order valence-electron chi connectivity index (χ2n) is 7.96. The zero-order valence-corrected chi connectivity index (χ0v) is 12.9. The van der Waals surface area contributed by atoms with E-state index in [0.717, 1.165) is 43.6 Å². The average molecular weight is 286 g/mol. The van der Waals surface area contributed by atoms with Crippen molar-refractivity contribution in [3.8, 4) is 0 Å². The lowest BCUT2D eigenvalue weighted by Gasteiger charge is -2.52. The molecule has 2 heteroatoms. The second-order valence-corrected chi connectivity index (χ2v) is 7.96. The summed E-state index contributed by atoms with van der Waals surface area (Å²) in [6.07, 6.45) is 10.5. The van der Waals surface area contributed by atoms with Crippen LogP contribution in [0.5, 0.6) is 0 Å². The summed E-state index contributed by atoms with van der Waals surface area (Å²) in [5.41, 5.74) is 2.48. The summed E-state index contributed by atoms with van der Waals surface area (Å²) in [6, 6.07) is 0. The van der Waals surface area contributed by atoms with Gasteiger partial charge in [0.25, 0.3) is 0 Å². The lowest BCUT2D eigenvalue weighted by molar-refractivity contribution is -0.0410. The molecule has 0 aromatic carbocycles. The van der Waals surface area contributed by atoms with Crippen LogP contribution in [-0.2, 0) is 0 Å². The lowest BCUT2D eigenvalue weighted by atomic mass is 9.53. The summed E-state index contributed by atoms with van der Waals surface area (Å²) in [4.78, 5) is 0. The maximum atomic E-state index is 10.6. The Hall–Kier alpha value is -1.02. The predicted molar refractivity (Wildman–Crippen MR) is 83.7 cm³/mol. The summed E-state index contributed by atoms with van der Waals surface area (Å²) in [6.45, 7) is 6.41. The Bertz CT molecular complexity index is 544. The van der Waals surface area contributed by atoms with E-state index in [9.17, 15) is 10.2 Å². The third-order valence-corrected chi connectivity index (χ3v) is 7.04. The van der Waals surface area contributed by atoms with E-state index in [1.807, 2.05) is 6.08 Å². The van der Waals surface area contributed by atoms with Crippen LogP contribution in [0.25, 0.3) is 0 Å². The molecule has 0 radical (unpaired) electrons. The maximum Gasteiger partial charge on any atom is 0.0925 e. The first-order valence-electron chi connectivity index (χ1n) is 8.46. The molecule has 2 saturated carbocycles. The smallest absolute Gasteiger partial charge is 0.0925 e. The number of hydrogen-bond donors (Lipinski definition) is 2. The van der Waals surface area contributed by atoms with Gasteiger partial charge in [-0.05, 0) is 73.0 Å². The highest BCUT2D eigenvalue weighted by Gasteiger charge is 2.56. The van der Waals surface area contributed by atoms with Crippen LogP contribution in [0.15, 0.2) is 35.6 Å². The van der Waals surface area contributed by atoms with E-state index in [-0.39, 0.29) is 11.5 Å². The van der Waals surface area contributed by atoms with E-state index in [4.69, 9.17) is 0 Å². The number of aliphatic hydroxyl groups is 2. The van der Waals surface area contributed by atoms with Gasteiger partial charge in [-0.25, -0.2) is 0 Å². The second kappa shape index (κ2) is 4.49. The van der Waals surface area contributed by atoms with E-state index in [0.29, 0.717) is 23.5 Å². The Morgan fingerprint density at radius 2 is 2.10 bits per heavy atom. The maximum absolute atomic E-state index is 10.6. The third kappa shape index (κ3) is 1.81. The van der Waals surface area contributed by atoms with E-state index in [2.05, 4.69) is 19.6 Å². The average Bonchev–Trinajstić information content (AvgIpc) is 2.70. The van der Waals surface area contributed by atoms with Gasteiger partial charge in [0, 0.05) is 11.8 Å². The largest absolute Gasteiger partial charge is 0.512 e. The molecular weight excluding hydrogens is 260 g/mol. The molecule has 2 unspecified atom stereocenters. The summed E-state index contributed by atoms with van der Waals surface area (Å²) in [7, 11) is 0. The van der Waals surface area contributed by atoms with Crippen LogP contribution >= 0.6 is 0 Å². The van der Waals surface area contributed by atoms with Crippen LogP contribution < -0.4 is 0 Å². The molecule has 2 fully saturated rings. The van der Waals surface area contributed by atoms with Gasteiger partial charge >= 0.3 is 0 Å². The fourth-order valence-corrected chi connectivity index (χ4v) is 5.87. The quantitative estimate of drug-likeness (QED) is 0.657. The molecule has 0 aromatic heterocycles. The summed E-state index contributed by atoms with van der Waals surface area (Å²) < 4.78 is 0. The van der Waals surface area contributed by atoms with Crippen molar-refractivity contribution < 1.29 is 10.2 Å². The molecule has 4 aliphatic rings. The number of hydrogen-bond acceptors (Lipinski definition) is 2. The standard InChI is InChI=1S/C19H26O2/c1-11-9-17-16-5-3-12-10-13(20)4-6-14(12)15(16)7-8-19(17,2)18(11)21/h3,10,14-18,20-21H,1,4-9H2,2H3/t14-,15?,16+,17?,18-,19-/m0/s1. The van der Waals surface area contributed by atoms with Crippen molar-refractivity contribution in [2.24, 2.45) is 29.1 Å². The molecule has 2 nitrogen and oxygen atoms in total. The minimum absolute atomic E-state index is 0.0518. The van der Waals surface area contributed by atoms with Crippen molar-refractivity contribution in [3.05, 3.63) is 35.6 Å². The predicted octanol–water partition coefficient (Wildman–Crippen LogP) is 4.14. The fourth-order valence-electron chi connectivity index (χ4n) is 5.87. The molecule has 0 bridgehead atoms. The highest BCUT2D eigenvalue weighted by Crippen LogP contribution is 2.61. The van der Waals surface area contributed by atoms with Crippen molar-refractivity contribution in [1.82, 2.24) is 0 Å². The van der Waals surface area contributed by atoms with E-state index < -0.39 is 0 Å². The van der Waals surface area contributed by atoms with Gasteiger partial charge in [0.05, 0.1) is 11.9 Å². The number of fused-ring (bicyclic) bond motifs is 5. The molecule has 0 spiro atoms. The first-order valence-corrected chi connectivity index (χ1v) is 8.46. The monoisotopic (exact) mass is 286 g/mol. The van der Waals surface area contributed by atoms with Gasteiger partial charge < -0.3 is 10.2 Å². The molecular formula is C19H26O2. The van der Waals surface area contributed by atoms with Crippen LogP contribution in [0.3, 0.4) is 0 Å². The van der Waals surface area contributed by atoms with Gasteiger partial charge in [-0.15, -0.1) is 0 Å². The molecule has 0 aliphatic heterocycles. The zero-order valence-electron chi connectivity index (χ0n) is 12.9. The van der Waals surface area contributed by atoms with Gasteiger partial charge in [-0.1, -0.05) is 19.6 Å². The Kier molecular flexibility index (Phi) is 2.91. The van der Waals surface area contributed by atoms with Gasteiger partial charge in [0.15, 0.2) is 0 Å². The van der Waals surface area contributed by atoms with Crippen LogP contribution in [0.2, 0.25) is 0 Å². The SMILES string of the molecule is C=C1CC2[C@@H]3CC=C4C=C(O)CC[C@@H]4C3CC[C@]2(C)[C@H]1O. The lowest BCUT2D eigenvalue weighted by Crippen LogP contribution is -2.46. The van der Waals surface area contributed by atoms with E-state index in [1.54, 1.807) is 0 Å². The number of allylic oxidation sites excluding steroid dienone is 4. The van der Waals surface area contributed by atoms with Crippen LogP contribution in [0.1, 0.15) is 45.4 Å².